The van der Waals surface area contributed by atoms with Crippen LogP contribution in [0.5, 0.6) is 0 Å². The maximum absolute atomic E-state index is 13.3. The average molecular weight is 451 g/mol. The van der Waals surface area contributed by atoms with Crippen LogP contribution in [0.3, 0.4) is 0 Å². The van der Waals surface area contributed by atoms with E-state index in [0.29, 0.717) is 29.2 Å². The molecule has 0 saturated carbocycles. The Morgan fingerprint density at radius 2 is 1.83 bits per heavy atom. The molecule has 0 fully saturated rings. The highest BCUT2D eigenvalue weighted by molar-refractivity contribution is 7.92. The van der Waals surface area contributed by atoms with Crippen LogP contribution in [0.15, 0.2) is 41.3 Å². The summed E-state index contributed by atoms with van der Waals surface area (Å²) in [5.41, 5.74) is 3.06. The lowest BCUT2D eigenvalue weighted by molar-refractivity contribution is -0.137. The summed E-state index contributed by atoms with van der Waals surface area (Å²) in [4.78, 5) is 10.8. The molecule has 2 N–H and O–H groups in total. The Bertz CT molecular complexity index is 1040. The number of halogens is 1. The van der Waals surface area contributed by atoms with Crippen molar-refractivity contribution in [1.29, 1.82) is 0 Å². The maximum Gasteiger partial charge on any atom is 0.303 e. The van der Waals surface area contributed by atoms with Crippen molar-refractivity contribution in [2.24, 2.45) is 0 Å². The van der Waals surface area contributed by atoms with Gasteiger partial charge in [-0.1, -0.05) is 48.7 Å². The molecule has 6 nitrogen and oxygen atoms in total. The summed E-state index contributed by atoms with van der Waals surface area (Å²) in [6.07, 6.45) is 3.52. The molecule has 0 amide bonds. The number of carboxylic acids is 1. The predicted octanol–water partition coefficient (Wildman–Crippen LogP) is 4.50. The zero-order valence-electron chi connectivity index (χ0n) is 17.2. The molecule has 0 bridgehead atoms. The van der Waals surface area contributed by atoms with Crippen molar-refractivity contribution in [3.05, 3.63) is 58.1 Å². The van der Waals surface area contributed by atoms with E-state index >= 15 is 0 Å². The van der Waals surface area contributed by atoms with E-state index in [-0.39, 0.29) is 17.4 Å². The highest BCUT2D eigenvalue weighted by atomic mass is 35.5. The number of nitrogens with one attached hydrogen (secondary N) is 1. The first-order chi connectivity index (χ1) is 14.2. The highest BCUT2D eigenvalue weighted by Crippen LogP contribution is 2.41. The molecule has 0 spiro atoms. The minimum atomic E-state index is -3.74. The number of sulfonamides is 1. The fourth-order valence-corrected chi connectivity index (χ4v) is 5.51. The van der Waals surface area contributed by atoms with Gasteiger partial charge in [0, 0.05) is 18.5 Å². The molecule has 162 valence electrons. The van der Waals surface area contributed by atoms with E-state index in [1.165, 1.54) is 4.31 Å². The van der Waals surface area contributed by atoms with Crippen molar-refractivity contribution < 1.29 is 18.3 Å². The number of para-hydroxylation sites is 1. The van der Waals surface area contributed by atoms with Crippen molar-refractivity contribution in [2.45, 2.75) is 50.0 Å². The van der Waals surface area contributed by atoms with Gasteiger partial charge >= 0.3 is 5.97 Å². The smallest absolute Gasteiger partial charge is 0.303 e. The lowest BCUT2D eigenvalue weighted by atomic mass is 9.95. The number of carbonyl (C=O) groups is 1. The Morgan fingerprint density at radius 3 is 2.57 bits per heavy atom. The largest absolute Gasteiger partial charge is 0.481 e. The number of anilines is 1. The van der Waals surface area contributed by atoms with Crippen LogP contribution in [0.25, 0.3) is 0 Å². The number of benzene rings is 2. The van der Waals surface area contributed by atoms with Crippen molar-refractivity contribution in [3.8, 4) is 0 Å². The van der Waals surface area contributed by atoms with Gasteiger partial charge in [0.1, 0.15) is 0 Å². The average Bonchev–Trinajstić information content (AvgIpc) is 2.76. The van der Waals surface area contributed by atoms with Crippen LogP contribution in [0.4, 0.5) is 5.69 Å². The monoisotopic (exact) mass is 450 g/mol. The van der Waals surface area contributed by atoms with Gasteiger partial charge in [0.2, 0.25) is 0 Å². The summed E-state index contributed by atoms with van der Waals surface area (Å²) >= 11 is 6.29. The number of unbranched alkanes of at least 4 members (excludes halogenated alkanes) is 3. The molecule has 1 aliphatic rings. The van der Waals surface area contributed by atoms with E-state index < -0.39 is 16.0 Å². The van der Waals surface area contributed by atoms with Crippen LogP contribution in [-0.2, 0) is 14.8 Å². The Hall–Kier alpha value is -2.09. The van der Waals surface area contributed by atoms with E-state index in [0.717, 1.165) is 30.4 Å². The molecular formula is C22H27ClN2O4S. The van der Waals surface area contributed by atoms with E-state index in [2.05, 4.69) is 5.32 Å². The predicted molar refractivity (Wildman–Crippen MR) is 119 cm³/mol. The van der Waals surface area contributed by atoms with Crippen molar-refractivity contribution in [1.82, 2.24) is 5.32 Å². The second-order valence-electron chi connectivity index (χ2n) is 7.62. The summed E-state index contributed by atoms with van der Waals surface area (Å²) in [5, 5.41) is 12.7. The van der Waals surface area contributed by atoms with Gasteiger partial charge < -0.3 is 10.4 Å². The zero-order valence-corrected chi connectivity index (χ0v) is 18.8. The number of hydrogen-bond acceptors (Lipinski definition) is 4. The van der Waals surface area contributed by atoms with Crippen molar-refractivity contribution in [3.63, 3.8) is 0 Å². The van der Waals surface area contributed by atoms with E-state index in [1.807, 2.05) is 37.3 Å². The molecule has 2 aromatic carbocycles. The number of rotatable bonds is 8. The fraction of sp³-hybridized carbons (Fsp3) is 0.409. The third-order valence-electron chi connectivity index (χ3n) is 5.49. The van der Waals surface area contributed by atoms with Gasteiger partial charge in [0.15, 0.2) is 0 Å². The third kappa shape index (κ3) is 4.63. The molecule has 0 aromatic heterocycles. The Labute approximate surface area is 182 Å². The van der Waals surface area contributed by atoms with E-state index in [4.69, 9.17) is 16.7 Å². The van der Waals surface area contributed by atoms with Gasteiger partial charge in [-0.15, -0.1) is 0 Å². The summed E-state index contributed by atoms with van der Waals surface area (Å²) in [6, 6.07) is 10.6. The molecule has 1 aliphatic heterocycles. The van der Waals surface area contributed by atoms with Gasteiger partial charge in [0.25, 0.3) is 10.0 Å². The second-order valence-corrected chi connectivity index (χ2v) is 9.96. The summed E-state index contributed by atoms with van der Waals surface area (Å²) in [7, 11) is -2.17. The molecule has 0 saturated heterocycles. The lowest BCUT2D eigenvalue weighted by Crippen LogP contribution is -2.26. The van der Waals surface area contributed by atoms with Crippen LogP contribution >= 0.6 is 11.6 Å². The van der Waals surface area contributed by atoms with Crippen molar-refractivity contribution >= 4 is 33.3 Å². The minimum Gasteiger partial charge on any atom is -0.481 e. The highest BCUT2D eigenvalue weighted by Gasteiger charge is 2.35. The number of fused-ring (bicyclic) bond motifs is 2. The third-order valence-corrected chi connectivity index (χ3v) is 7.73. The Kier molecular flexibility index (Phi) is 7.06. The molecule has 1 unspecified atom stereocenters. The zero-order chi connectivity index (χ0) is 21.9. The molecular weight excluding hydrogens is 424 g/mol. The number of aryl methyl sites for hydroxylation is 1. The van der Waals surface area contributed by atoms with Gasteiger partial charge in [-0.25, -0.2) is 8.42 Å². The Morgan fingerprint density at radius 1 is 1.13 bits per heavy atom. The Balaban J connectivity index is 1.90. The first-order valence-electron chi connectivity index (χ1n) is 10.1. The first-order valence-corrected chi connectivity index (χ1v) is 11.9. The number of aliphatic carboxylic acids is 1. The van der Waals surface area contributed by atoms with Crippen LogP contribution in [0.2, 0.25) is 5.02 Å². The topological polar surface area (TPSA) is 86.7 Å². The van der Waals surface area contributed by atoms with Gasteiger partial charge in [-0.2, -0.15) is 0 Å². The maximum atomic E-state index is 13.3. The fourth-order valence-electron chi connectivity index (χ4n) is 3.82. The van der Waals surface area contributed by atoms with Crippen LogP contribution in [-0.4, -0.2) is 33.1 Å². The van der Waals surface area contributed by atoms with E-state index in [9.17, 15) is 13.2 Å². The van der Waals surface area contributed by atoms with Crippen molar-refractivity contribution in [2.75, 3.05) is 17.9 Å². The lowest BCUT2D eigenvalue weighted by Gasteiger charge is -2.22. The molecule has 8 heteroatoms. The molecule has 0 radical (unpaired) electrons. The van der Waals surface area contributed by atoms with Gasteiger partial charge in [0.05, 0.1) is 16.6 Å². The van der Waals surface area contributed by atoms with Gasteiger partial charge in [-0.05, 0) is 55.1 Å². The van der Waals surface area contributed by atoms with Crippen LogP contribution in [0, 0.1) is 6.92 Å². The summed E-state index contributed by atoms with van der Waals surface area (Å²) in [6.45, 7) is 2.56. The minimum absolute atomic E-state index is 0.195. The molecule has 1 atom stereocenters. The molecule has 3 rings (SSSR count). The van der Waals surface area contributed by atoms with Crippen LogP contribution < -0.4 is 9.62 Å². The van der Waals surface area contributed by atoms with Crippen LogP contribution in [0.1, 0.15) is 54.8 Å². The summed E-state index contributed by atoms with van der Waals surface area (Å²) in [5.74, 6) is -0.765. The standard InChI is InChI=1S/C22H27ClN2O4S/c1-15-13-17-20(14-18(15)23)30(28,29)25(2)19-10-7-6-9-16(19)22(17)24-12-8-4-3-5-11-21(26)27/h6-7,9-10,13-14,22,24H,3-5,8,11-12H2,1-2H3,(H,26,27). The number of carboxylic acid groups (broad SMARTS) is 1. The summed E-state index contributed by atoms with van der Waals surface area (Å²) < 4.78 is 27.9. The quantitative estimate of drug-likeness (QED) is 0.578. The molecule has 2 aromatic rings. The molecule has 30 heavy (non-hydrogen) atoms. The number of nitrogens with zero attached hydrogens (tertiary/aromatic N) is 1. The van der Waals surface area contributed by atoms with Gasteiger partial charge in [-0.3, -0.25) is 9.10 Å². The van der Waals surface area contributed by atoms with E-state index in [1.54, 1.807) is 13.1 Å². The normalized spacial score (nSPS) is 17.2. The second kappa shape index (κ2) is 9.37. The molecule has 1 heterocycles. The SMILES string of the molecule is Cc1cc2c(cc1Cl)S(=O)(=O)N(C)c1ccccc1C2NCCCCCCC(=O)O. The first kappa shape index (κ1) is 22.6. The molecule has 0 aliphatic carbocycles. The number of hydrogen-bond donors (Lipinski definition) is 2.